The van der Waals surface area contributed by atoms with Gasteiger partial charge in [0.1, 0.15) is 18.0 Å². The van der Waals surface area contributed by atoms with E-state index in [-0.39, 0.29) is 0 Å². The topological polar surface area (TPSA) is 59.1 Å². The lowest BCUT2D eigenvalue weighted by atomic mass is 10.1. The zero-order valence-electron chi connectivity index (χ0n) is 13.8. The van der Waals surface area contributed by atoms with E-state index >= 15 is 0 Å². The average molecular weight is 312 g/mol. The van der Waals surface area contributed by atoms with Crippen LogP contribution in [0, 0.1) is 6.92 Å². The van der Waals surface area contributed by atoms with Gasteiger partial charge in [0, 0.05) is 24.9 Å². The van der Waals surface area contributed by atoms with Gasteiger partial charge in [-0.25, -0.2) is 9.97 Å². The molecule has 2 N–H and O–H groups in total. The van der Waals surface area contributed by atoms with Crippen molar-refractivity contribution in [2.45, 2.75) is 39.2 Å². The number of aromatic nitrogens is 2. The normalized spacial score (nSPS) is 17.2. The Kier molecular flexibility index (Phi) is 5.08. The Hall–Kier alpha value is -2.14. The van der Waals surface area contributed by atoms with Gasteiger partial charge in [-0.3, -0.25) is 0 Å². The summed E-state index contributed by atoms with van der Waals surface area (Å²) in [5.41, 5.74) is 3.65. The van der Waals surface area contributed by atoms with Gasteiger partial charge in [-0.05, 0) is 37.3 Å². The van der Waals surface area contributed by atoms with Gasteiger partial charge < -0.3 is 15.4 Å². The van der Waals surface area contributed by atoms with Crippen molar-refractivity contribution in [3.63, 3.8) is 0 Å². The zero-order valence-corrected chi connectivity index (χ0v) is 13.8. The van der Waals surface area contributed by atoms with Crippen LogP contribution in [0.15, 0.2) is 30.6 Å². The van der Waals surface area contributed by atoms with Crippen LogP contribution >= 0.6 is 0 Å². The van der Waals surface area contributed by atoms with Crippen LogP contribution in [0.2, 0.25) is 0 Å². The van der Waals surface area contributed by atoms with Crippen molar-refractivity contribution < 1.29 is 4.74 Å². The molecule has 3 rings (SSSR count). The Morgan fingerprint density at radius 1 is 1.26 bits per heavy atom. The third kappa shape index (κ3) is 3.99. The van der Waals surface area contributed by atoms with Crippen molar-refractivity contribution in [1.29, 1.82) is 0 Å². The Bertz CT molecular complexity index is 653. The molecule has 1 saturated heterocycles. The van der Waals surface area contributed by atoms with Gasteiger partial charge >= 0.3 is 0 Å². The lowest BCUT2D eigenvalue weighted by Gasteiger charge is -2.15. The maximum atomic E-state index is 5.63. The van der Waals surface area contributed by atoms with E-state index < -0.39 is 0 Å². The van der Waals surface area contributed by atoms with Gasteiger partial charge in [0.2, 0.25) is 0 Å². The molecule has 1 aromatic carbocycles. The fourth-order valence-electron chi connectivity index (χ4n) is 2.88. The Labute approximate surface area is 137 Å². The molecule has 0 aliphatic carbocycles. The second-order valence-corrected chi connectivity index (χ2v) is 5.89. The van der Waals surface area contributed by atoms with Crippen LogP contribution in [0.3, 0.4) is 0 Å². The van der Waals surface area contributed by atoms with Crippen LogP contribution in [-0.4, -0.2) is 29.2 Å². The van der Waals surface area contributed by atoms with Gasteiger partial charge in [0.05, 0.1) is 6.10 Å². The van der Waals surface area contributed by atoms with Crippen LogP contribution < -0.4 is 10.6 Å². The second-order valence-electron chi connectivity index (χ2n) is 5.89. The standard InChI is InChI=1S/C18H24N4O/c1-3-14-7-4-6-13(2)18(14)22-17-10-16(20-12-21-17)19-11-15-8-5-9-23-15/h4,6-7,10,12,15H,3,5,8-9,11H2,1-2H3,(H2,19,20,21,22). The molecule has 1 aromatic heterocycles. The van der Waals surface area contributed by atoms with E-state index in [1.165, 1.54) is 11.1 Å². The number of rotatable bonds is 6. The lowest BCUT2D eigenvalue weighted by molar-refractivity contribution is 0.120. The van der Waals surface area contributed by atoms with Crippen molar-refractivity contribution in [1.82, 2.24) is 9.97 Å². The molecule has 23 heavy (non-hydrogen) atoms. The molecule has 0 amide bonds. The fraction of sp³-hybridized carbons (Fsp3) is 0.444. The largest absolute Gasteiger partial charge is 0.376 e. The average Bonchev–Trinajstić information content (AvgIpc) is 3.09. The molecule has 122 valence electrons. The van der Waals surface area contributed by atoms with Gasteiger partial charge in [0.15, 0.2) is 0 Å². The first-order valence-electron chi connectivity index (χ1n) is 8.29. The summed E-state index contributed by atoms with van der Waals surface area (Å²) >= 11 is 0. The van der Waals surface area contributed by atoms with E-state index in [4.69, 9.17) is 4.74 Å². The number of aryl methyl sites for hydroxylation is 2. The minimum Gasteiger partial charge on any atom is -0.376 e. The smallest absolute Gasteiger partial charge is 0.135 e. The van der Waals surface area contributed by atoms with Crippen molar-refractivity contribution in [2.24, 2.45) is 0 Å². The summed E-state index contributed by atoms with van der Waals surface area (Å²) in [6, 6.07) is 8.29. The first kappa shape index (κ1) is 15.7. The van der Waals surface area contributed by atoms with Gasteiger partial charge in [-0.15, -0.1) is 0 Å². The number of nitrogens with zero attached hydrogens (tertiary/aromatic N) is 2. The highest BCUT2D eigenvalue weighted by Gasteiger charge is 2.15. The van der Waals surface area contributed by atoms with Crippen LogP contribution in [0.4, 0.5) is 17.3 Å². The minimum absolute atomic E-state index is 0.296. The second kappa shape index (κ2) is 7.42. The van der Waals surface area contributed by atoms with Gasteiger partial charge in [0.25, 0.3) is 0 Å². The highest BCUT2D eigenvalue weighted by molar-refractivity contribution is 5.66. The quantitative estimate of drug-likeness (QED) is 0.852. The van der Waals surface area contributed by atoms with Crippen LogP contribution in [0.5, 0.6) is 0 Å². The van der Waals surface area contributed by atoms with Gasteiger partial charge in [-0.1, -0.05) is 25.1 Å². The molecule has 5 heteroatoms. The molecule has 1 aliphatic rings. The summed E-state index contributed by atoms with van der Waals surface area (Å²) in [5.74, 6) is 1.63. The Morgan fingerprint density at radius 2 is 2.13 bits per heavy atom. The molecule has 1 aliphatic heterocycles. The predicted octanol–water partition coefficient (Wildman–Crippen LogP) is 3.68. The van der Waals surface area contributed by atoms with E-state index in [0.29, 0.717) is 6.10 Å². The molecule has 1 atom stereocenters. The minimum atomic E-state index is 0.296. The number of hydrogen-bond acceptors (Lipinski definition) is 5. The Balaban J connectivity index is 1.70. The van der Waals surface area contributed by atoms with E-state index in [2.05, 4.69) is 52.6 Å². The van der Waals surface area contributed by atoms with Gasteiger partial charge in [-0.2, -0.15) is 0 Å². The highest BCUT2D eigenvalue weighted by atomic mass is 16.5. The monoisotopic (exact) mass is 312 g/mol. The van der Waals surface area contributed by atoms with Crippen LogP contribution in [-0.2, 0) is 11.2 Å². The van der Waals surface area contributed by atoms with Crippen LogP contribution in [0.25, 0.3) is 0 Å². The summed E-state index contributed by atoms with van der Waals surface area (Å²) in [7, 11) is 0. The molecule has 2 heterocycles. The maximum absolute atomic E-state index is 5.63. The third-order valence-corrected chi connectivity index (χ3v) is 4.19. The van der Waals surface area contributed by atoms with E-state index in [9.17, 15) is 0 Å². The first-order valence-corrected chi connectivity index (χ1v) is 8.29. The molecule has 0 bridgehead atoms. The maximum Gasteiger partial charge on any atom is 0.135 e. The Morgan fingerprint density at radius 3 is 2.91 bits per heavy atom. The lowest BCUT2D eigenvalue weighted by Crippen LogP contribution is -2.19. The highest BCUT2D eigenvalue weighted by Crippen LogP contribution is 2.25. The summed E-state index contributed by atoms with van der Waals surface area (Å²) in [4.78, 5) is 8.63. The van der Waals surface area contributed by atoms with Crippen molar-refractivity contribution in [2.75, 3.05) is 23.8 Å². The number of benzene rings is 1. The van der Waals surface area contributed by atoms with Crippen molar-refractivity contribution in [3.8, 4) is 0 Å². The van der Waals surface area contributed by atoms with E-state index in [0.717, 1.165) is 49.7 Å². The molecule has 5 nitrogen and oxygen atoms in total. The molecular formula is C18H24N4O. The summed E-state index contributed by atoms with van der Waals surface area (Å²) < 4.78 is 5.63. The summed E-state index contributed by atoms with van der Waals surface area (Å²) in [6.07, 6.45) is 5.13. The van der Waals surface area contributed by atoms with Crippen LogP contribution in [0.1, 0.15) is 30.9 Å². The molecule has 1 unspecified atom stereocenters. The zero-order chi connectivity index (χ0) is 16.1. The number of ether oxygens (including phenoxy) is 1. The molecule has 0 spiro atoms. The van der Waals surface area contributed by atoms with Crippen molar-refractivity contribution >= 4 is 17.3 Å². The van der Waals surface area contributed by atoms with Crippen molar-refractivity contribution in [3.05, 3.63) is 41.7 Å². The predicted molar refractivity (Wildman–Crippen MR) is 93.3 cm³/mol. The molecule has 2 aromatic rings. The molecule has 0 radical (unpaired) electrons. The third-order valence-electron chi connectivity index (χ3n) is 4.19. The first-order chi connectivity index (χ1) is 11.3. The number of para-hydroxylation sites is 1. The molecule has 0 saturated carbocycles. The van der Waals surface area contributed by atoms with E-state index in [1.807, 2.05) is 6.07 Å². The molecular weight excluding hydrogens is 288 g/mol. The van der Waals surface area contributed by atoms with E-state index in [1.54, 1.807) is 6.33 Å². The summed E-state index contributed by atoms with van der Waals surface area (Å²) in [6.45, 7) is 5.94. The molecule has 1 fully saturated rings. The number of nitrogens with one attached hydrogen (secondary N) is 2. The summed E-state index contributed by atoms with van der Waals surface area (Å²) in [5, 5.41) is 6.78. The number of anilines is 3. The fourth-order valence-corrected chi connectivity index (χ4v) is 2.88. The SMILES string of the molecule is CCc1cccc(C)c1Nc1cc(NCC2CCCO2)ncn1. The number of hydrogen-bond donors (Lipinski definition) is 2.